The summed E-state index contributed by atoms with van der Waals surface area (Å²) in [4.78, 5) is 2.12. The van der Waals surface area contributed by atoms with Gasteiger partial charge in [0.05, 0.1) is 6.10 Å². The third-order valence-electron chi connectivity index (χ3n) is 8.63. The highest BCUT2D eigenvalue weighted by Gasteiger charge is 2.14. The number of aliphatic hydroxyl groups is 1. The molecule has 0 fully saturated rings. The van der Waals surface area contributed by atoms with Crippen LogP contribution < -0.4 is 0 Å². The number of ether oxygens (including phenoxy) is 1. The Morgan fingerprint density at radius 1 is 0.467 bits per heavy atom. The molecule has 0 aromatic carbocycles. The van der Waals surface area contributed by atoms with Gasteiger partial charge in [-0.2, -0.15) is 0 Å². The summed E-state index contributed by atoms with van der Waals surface area (Å²) in [6.07, 6.45) is 51.9. The third kappa shape index (κ3) is 37.2. The van der Waals surface area contributed by atoms with Crippen molar-refractivity contribution in [2.75, 3.05) is 20.6 Å². The summed E-state index contributed by atoms with van der Waals surface area (Å²) in [5.74, 6) is 0. The fourth-order valence-corrected chi connectivity index (χ4v) is 5.66. The Morgan fingerprint density at radius 3 is 1.20 bits per heavy atom. The average Bonchev–Trinajstić information content (AvgIpc) is 3.03. The predicted molar refractivity (Wildman–Crippen MR) is 202 cm³/mol. The van der Waals surface area contributed by atoms with Crippen LogP contribution in [0, 0.1) is 0 Å². The number of allylic oxidation sites excluding steroid dienone is 8. The first-order chi connectivity index (χ1) is 22.1. The molecule has 45 heavy (non-hydrogen) atoms. The molecule has 0 aliphatic rings. The summed E-state index contributed by atoms with van der Waals surface area (Å²) in [5.41, 5.74) is 0. The minimum atomic E-state index is -0.633. The van der Waals surface area contributed by atoms with Gasteiger partial charge in [0, 0.05) is 13.0 Å². The standard InChI is InChI=1S/C42H79NO2/c1-5-7-9-11-13-15-17-19-21-23-25-27-29-31-33-35-37-41(45-42(44)39-40-43(3)4)38-36-34-32-30-28-26-24-22-20-18-16-14-12-10-8-6-2/h13-16,19-22,41-42,44H,5-12,17-18,23-40H2,1-4H3/b15-13-,16-14?,21-19-,22-20?. The van der Waals surface area contributed by atoms with E-state index in [2.05, 4.69) is 81.5 Å². The fraction of sp³-hybridized carbons (Fsp3) is 0.810. The Hall–Kier alpha value is -1.16. The van der Waals surface area contributed by atoms with Crippen LogP contribution in [0.3, 0.4) is 0 Å². The molecule has 0 aliphatic carbocycles. The summed E-state index contributed by atoms with van der Waals surface area (Å²) in [6.45, 7) is 5.39. The van der Waals surface area contributed by atoms with Gasteiger partial charge in [0.15, 0.2) is 6.29 Å². The van der Waals surface area contributed by atoms with Crippen LogP contribution >= 0.6 is 0 Å². The molecule has 0 spiro atoms. The van der Waals surface area contributed by atoms with Gasteiger partial charge in [-0.05, 0) is 91.1 Å². The molecule has 0 aromatic rings. The molecule has 0 saturated heterocycles. The monoisotopic (exact) mass is 630 g/mol. The summed E-state index contributed by atoms with van der Waals surface area (Å²) in [7, 11) is 4.11. The van der Waals surface area contributed by atoms with E-state index in [9.17, 15) is 5.11 Å². The molecule has 0 rings (SSSR count). The molecule has 3 nitrogen and oxygen atoms in total. The second-order valence-electron chi connectivity index (χ2n) is 13.6. The van der Waals surface area contributed by atoms with Crippen LogP contribution in [0.5, 0.6) is 0 Å². The number of aliphatic hydroxyl groups excluding tert-OH is 1. The molecule has 2 atom stereocenters. The molecular weight excluding hydrogens is 550 g/mol. The summed E-state index contributed by atoms with van der Waals surface area (Å²) < 4.78 is 6.15. The molecule has 2 unspecified atom stereocenters. The molecular formula is C42H79NO2. The zero-order chi connectivity index (χ0) is 32.9. The first-order valence-electron chi connectivity index (χ1n) is 19.7. The highest BCUT2D eigenvalue weighted by Crippen LogP contribution is 2.19. The highest BCUT2D eigenvalue weighted by atomic mass is 16.6. The van der Waals surface area contributed by atoms with E-state index in [1.54, 1.807) is 0 Å². The van der Waals surface area contributed by atoms with Crippen molar-refractivity contribution in [3.05, 3.63) is 48.6 Å². The SMILES string of the molecule is CCCCCC=CCC=CCCCCCCCCC(CCCCCCCC/C=C\C/C=C\CCCCC)OC(O)CCN(C)C. The Kier molecular flexibility index (Phi) is 36.3. The van der Waals surface area contributed by atoms with Gasteiger partial charge in [-0.3, -0.25) is 0 Å². The van der Waals surface area contributed by atoms with E-state index in [1.807, 2.05) is 0 Å². The highest BCUT2D eigenvalue weighted by molar-refractivity contribution is 4.93. The number of hydrogen-bond donors (Lipinski definition) is 1. The molecule has 0 amide bonds. The van der Waals surface area contributed by atoms with Crippen molar-refractivity contribution >= 4 is 0 Å². The molecule has 0 heterocycles. The number of rotatable bonds is 35. The van der Waals surface area contributed by atoms with Crippen LogP contribution in [0.2, 0.25) is 0 Å². The van der Waals surface area contributed by atoms with E-state index in [-0.39, 0.29) is 6.10 Å². The van der Waals surface area contributed by atoms with Crippen molar-refractivity contribution in [1.82, 2.24) is 4.90 Å². The maximum Gasteiger partial charge on any atom is 0.156 e. The lowest BCUT2D eigenvalue weighted by molar-refractivity contribution is -0.144. The Labute approximate surface area is 283 Å². The van der Waals surface area contributed by atoms with E-state index >= 15 is 0 Å². The molecule has 264 valence electrons. The van der Waals surface area contributed by atoms with E-state index in [0.717, 1.165) is 32.2 Å². The molecule has 0 saturated carbocycles. The van der Waals surface area contributed by atoms with Crippen molar-refractivity contribution in [2.45, 2.75) is 200 Å². The quantitative estimate of drug-likeness (QED) is 0.0430. The van der Waals surface area contributed by atoms with Gasteiger partial charge in [0.2, 0.25) is 0 Å². The summed E-state index contributed by atoms with van der Waals surface area (Å²) in [5, 5.41) is 10.5. The molecule has 0 aliphatic heterocycles. The minimum Gasteiger partial charge on any atom is -0.368 e. The van der Waals surface area contributed by atoms with E-state index in [4.69, 9.17) is 4.74 Å². The minimum absolute atomic E-state index is 0.207. The maximum atomic E-state index is 10.5. The average molecular weight is 630 g/mol. The predicted octanol–water partition coefficient (Wildman–Crippen LogP) is 13.0. The lowest BCUT2D eigenvalue weighted by Gasteiger charge is -2.23. The zero-order valence-electron chi connectivity index (χ0n) is 30.9. The summed E-state index contributed by atoms with van der Waals surface area (Å²) >= 11 is 0. The van der Waals surface area contributed by atoms with Gasteiger partial charge in [-0.25, -0.2) is 0 Å². The van der Waals surface area contributed by atoms with Crippen LogP contribution in [0.1, 0.15) is 187 Å². The van der Waals surface area contributed by atoms with Gasteiger partial charge >= 0.3 is 0 Å². The molecule has 3 heteroatoms. The smallest absolute Gasteiger partial charge is 0.156 e. The molecule has 0 bridgehead atoms. The van der Waals surface area contributed by atoms with E-state index < -0.39 is 6.29 Å². The molecule has 1 N–H and O–H groups in total. The van der Waals surface area contributed by atoms with E-state index in [1.165, 1.54) is 141 Å². The second-order valence-corrected chi connectivity index (χ2v) is 13.6. The van der Waals surface area contributed by atoms with Crippen molar-refractivity contribution in [3.63, 3.8) is 0 Å². The number of unbranched alkanes of at least 4 members (excludes halogenated alkanes) is 18. The first-order valence-corrected chi connectivity index (χ1v) is 19.7. The van der Waals surface area contributed by atoms with Crippen molar-refractivity contribution < 1.29 is 9.84 Å². The van der Waals surface area contributed by atoms with Crippen LogP contribution in [-0.4, -0.2) is 43.0 Å². The van der Waals surface area contributed by atoms with Gasteiger partial charge in [0.25, 0.3) is 0 Å². The topological polar surface area (TPSA) is 32.7 Å². The van der Waals surface area contributed by atoms with Crippen LogP contribution in [0.25, 0.3) is 0 Å². The van der Waals surface area contributed by atoms with Crippen molar-refractivity contribution in [1.29, 1.82) is 0 Å². The molecule has 0 radical (unpaired) electrons. The van der Waals surface area contributed by atoms with Crippen molar-refractivity contribution in [3.8, 4) is 0 Å². The fourth-order valence-electron chi connectivity index (χ4n) is 5.66. The Bertz CT molecular complexity index is 632. The van der Waals surface area contributed by atoms with Crippen LogP contribution in [0.15, 0.2) is 48.6 Å². The van der Waals surface area contributed by atoms with Crippen molar-refractivity contribution in [2.24, 2.45) is 0 Å². The van der Waals surface area contributed by atoms with Crippen LogP contribution in [-0.2, 0) is 4.74 Å². The summed E-state index contributed by atoms with van der Waals surface area (Å²) in [6, 6.07) is 0. The lowest BCUT2D eigenvalue weighted by Crippen LogP contribution is -2.26. The molecule has 0 aromatic heterocycles. The number of nitrogens with zero attached hydrogens (tertiary/aromatic N) is 1. The van der Waals surface area contributed by atoms with Gasteiger partial charge in [0.1, 0.15) is 0 Å². The first kappa shape index (κ1) is 43.8. The second kappa shape index (κ2) is 37.3. The van der Waals surface area contributed by atoms with Gasteiger partial charge in [-0.1, -0.05) is 152 Å². The largest absolute Gasteiger partial charge is 0.368 e. The lowest BCUT2D eigenvalue weighted by atomic mass is 10.0. The third-order valence-corrected chi connectivity index (χ3v) is 8.63. The van der Waals surface area contributed by atoms with Gasteiger partial charge < -0.3 is 14.7 Å². The Morgan fingerprint density at radius 2 is 0.822 bits per heavy atom. The van der Waals surface area contributed by atoms with Crippen LogP contribution in [0.4, 0.5) is 0 Å². The zero-order valence-corrected chi connectivity index (χ0v) is 30.9. The van der Waals surface area contributed by atoms with E-state index in [0.29, 0.717) is 6.42 Å². The Balaban J connectivity index is 3.95. The number of hydrogen-bond acceptors (Lipinski definition) is 3. The van der Waals surface area contributed by atoms with Gasteiger partial charge in [-0.15, -0.1) is 0 Å². The maximum absolute atomic E-state index is 10.5. The normalized spacial score (nSPS) is 13.9.